The number of benzene rings is 4. The summed E-state index contributed by atoms with van der Waals surface area (Å²) in [5.41, 5.74) is 8.30. The van der Waals surface area contributed by atoms with E-state index in [0.717, 1.165) is 43.6 Å². The fourth-order valence-corrected chi connectivity index (χ4v) is 6.92. The Labute approximate surface area is 226 Å². The molecule has 0 aliphatic carbocycles. The van der Waals surface area contributed by atoms with Gasteiger partial charge in [-0.15, -0.1) is 0 Å². The molecule has 3 nitrogen and oxygen atoms in total. The molecule has 0 saturated carbocycles. The number of aryl methyl sites for hydroxylation is 2. The minimum atomic E-state index is -0.315. The second kappa shape index (κ2) is 10.2. The summed E-state index contributed by atoms with van der Waals surface area (Å²) in [5, 5.41) is 3.57. The SMILES string of the molecule is Cc1ccc(CN2c3ccccc3C3(CCNCC3)[C@@H]2C(=O)C(c2ccccc2)c2ccccc2)c(C)c1. The van der Waals surface area contributed by atoms with Crippen molar-refractivity contribution in [1.29, 1.82) is 0 Å². The Morgan fingerprint density at radius 1 is 0.842 bits per heavy atom. The number of ketones is 1. The zero-order valence-electron chi connectivity index (χ0n) is 22.4. The van der Waals surface area contributed by atoms with Crippen molar-refractivity contribution in [3.8, 4) is 0 Å². The van der Waals surface area contributed by atoms with Crippen molar-refractivity contribution < 1.29 is 4.79 Å². The molecule has 1 N–H and O–H groups in total. The van der Waals surface area contributed by atoms with Crippen LogP contribution in [0.3, 0.4) is 0 Å². The number of fused-ring (bicyclic) bond motifs is 2. The second-order valence-corrected chi connectivity index (χ2v) is 11.0. The molecule has 1 fully saturated rings. The number of rotatable bonds is 6. The van der Waals surface area contributed by atoms with Crippen molar-refractivity contribution in [3.05, 3.63) is 137 Å². The highest BCUT2D eigenvalue weighted by Gasteiger charge is 2.55. The number of para-hydroxylation sites is 1. The lowest BCUT2D eigenvalue weighted by Gasteiger charge is -2.43. The first-order chi connectivity index (χ1) is 18.6. The average molecular weight is 501 g/mol. The van der Waals surface area contributed by atoms with E-state index < -0.39 is 0 Å². The topological polar surface area (TPSA) is 32.3 Å². The van der Waals surface area contributed by atoms with Gasteiger partial charge in [0.1, 0.15) is 0 Å². The van der Waals surface area contributed by atoms with E-state index in [1.54, 1.807) is 0 Å². The predicted molar refractivity (Wildman–Crippen MR) is 156 cm³/mol. The van der Waals surface area contributed by atoms with Gasteiger partial charge in [-0.05, 0) is 73.7 Å². The number of carbonyl (C=O) groups is 1. The van der Waals surface area contributed by atoms with Gasteiger partial charge in [0.2, 0.25) is 0 Å². The number of piperidine rings is 1. The lowest BCUT2D eigenvalue weighted by atomic mass is 9.66. The van der Waals surface area contributed by atoms with Crippen LogP contribution >= 0.6 is 0 Å². The van der Waals surface area contributed by atoms with Crippen LogP contribution in [-0.4, -0.2) is 24.9 Å². The summed E-state index contributed by atoms with van der Waals surface area (Å²) < 4.78 is 0. The molecule has 4 aromatic rings. The van der Waals surface area contributed by atoms with E-state index in [1.165, 1.54) is 27.9 Å². The van der Waals surface area contributed by atoms with Crippen molar-refractivity contribution >= 4 is 11.5 Å². The normalized spacial score (nSPS) is 18.1. The molecule has 6 rings (SSSR count). The van der Waals surface area contributed by atoms with Crippen molar-refractivity contribution in [2.75, 3.05) is 18.0 Å². The summed E-state index contributed by atoms with van der Waals surface area (Å²) in [5.74, 6) is -0.0182. The first-order valence-corrected chi connectivity index (χ1v) is 13.9. The molecule has 0 bridgehead atoms. The number of Topliss-reactive ketones (excluding diaryl/α,β-unsaturated/α-hetero) is 1. The molecule has 1 spiro atoms. The number of hydrogen-bond acceptors (Lipinski definition) is 3. The molecule has 0 unspecified atom stereocenters. The molecule has 0 amide bonds. The Balaban J connectivity index is 1.52. The number of anilines is 1. The van der Waals surface area contributed by atoms with Gasteiger partial charge in [-0.25, -0.2) is 0 Å². The molecular weight excluding hydrogens is 464 g/mol. The standard InChI is InChI=1S/C35H36N2O/c1-25-17-18-29(26(2)23-25)24-37-31-16-10-9-15-30(31)35(19-21-36-22-20-35)34(37)33(38)32(27-11-5-3-6-12-27)28-13-7-4-8-14-28/h3-18,23,32,34,36H,19-22,24H2,1-2H3/t34-/m0/s1. The molecule has 1 saturated heterocycles. The van der Waals surface area contributed by atoms with Gasteiger partial charge in [0.15, 0.2) is 5.78 Å². The van der Waals surface area contributed by atoms with E-state index in [2.05, 4.69) is 115 Å². The Kier molecular flexibility index (Phi) is 6.63. The minimum Gasteiger partial charge on any atom is -0.356 e. The lowest BCUT2D eigenvalue weighted by Crippen LogP contribution is -2.55. The van der Waals surface area contributed by atoms with Gasteiger partial charge in [0, 0.05) is 17.6 Å². The van der Waals surface area contributed by atoms with Gasteiger partial charge in [0.05, 0.1) is 12.0 Å². The van der Waals surface area contributed by atoms with Crippen LogP contribution in [0, 0.1) is 13.8 Å². The lowest BCUT2D eigenvalue weighted by molar-refractivity contribution is -0.122. The predicted octanol–water partition coefficient (Wildman–Crippen LogP) is 6.71. The first kappa shape index (κ1) is 24.6. The van der Waals surface area contributed by atoms with E-state index >= 15 is 4.79 Å². The number of hydrogen-bond donors (Lipinski definition) is 1. The fraction of sp³-hybridized carbons (Fsp3) is 0.286. The summed E-state index contributed by atoms with van der Waals surface area (Å²) in [6.45, 7) is 6.92. The number of carbonyl (C=O) groups excluding carboxylic acids is 1. The smallest absolute Gasteiger partial charge is 0.167 e. The molecule has 1 atom stereocenters. The Hall–Kier alpha value is -3.69. The van der Waals surface area contributed by atoms with Crippen LogP contribution in [0.15, 0.2) is 103 Å². The summed E-state index contributed by atoms with van der Waals surface area (Å²) in [4.78, 5) is 17.6. The third kappa shape index (κ3) is 4.25. The molecule has 192 valence electrons. The molecule has 3 heteroatoms. The number of nitrogens with zero attached hydrogens (tertiary/aromatic N) is 1. The van der Waals surface area contributed by atoms with Crippen molar-refractivity contribution in [2.45, 2.75) is 50.6 Å². The van der Waals surface area contributed by atoms with E-state index in [-0.39, 0.29) is 17.4 Å². The molecule has 2 heterocycles. The van der Waals surface area contributed by atoms with Crippen LogP contribution in [0.1, 0.15) is 52.1 Å². The van der Waals surface area contributed by atoms with Crippen molar-refractivity contribution in [2.24, 2.45) is 0 Å². The zero-order valence-corrected chi connectivity index (χ0v) is 22.4. The van der Waals surface area contributed by atoms with E-state index in [4.69, 9.17) is 0 Å². The molecule has 4 aromatic carbocycles. The summed E-state index contributed by atoms with van der Waals surface area (Å²) >= 11 is 0. The Morgan fingerprint density at radius 3 is 2.08 bits per heavy atom. The molecule has 0 radical (unpaired) electrons. The quantitative estimate of drug-likeness (QED) is 0.319. The Bertz CT molecular complexity index is 1380. The van der Waals surface area contributed by atoms with Gasteiger partial charge in [-0.1, -0.05) is 103 Å². The van der Waals surface area contributed by atoms with Crippen molar-refractivity contribution in [3.63, 3.8) is 0 Å². The first-order valence-electron chi connectivity index (χ1n) is 13.9. The molecule has 38 heavy (non-hydrogen) atoms. The van der Waals surface area contributed by atoms with Gasteiger partial charge >= 0.3 is 0 Å². The maximum atomic E-state index is 15.2. The van der Waals surface area contributed by atoms with Crippen LogP contribution in [0.4, 0.5) is 5.69 Å². The van der Waals surface area contributed by atoms with Gasteiger partial charge in [0.25, 0.3) is 0 Å². The van der Waals surface area contributed by atoms with E-state index in [9.17, 15) is 0 Å². The highest BCUT2D eigenvalue weighted by Crippen LogP contribution is 2.52. The maximum absolute atomic E-state index is 15.2. The van der Waals surface area contributed by atoms with Crippen LogP contribution in [0.2, 0.25) is 0 Å². The van der Waals surface area contributed by atoms with Crippen LogP contribution in [-0.2, 0) is 16.8 Å². The van der Waals surface area contributed by atoms with Crippen LogP contribution in [0.5, 0.6) is 0 Å². The molecule has 2 aliphatic heterocycles. The fourth-order valence-electron chi connectivity index (χ4n) is 6.92. The van der Waals surface area contributed by atoms with Gasteiger partial charge in [-0.3, -0.25) is 4.79 Å². The van der Waals surface area contributed by atoms with E-state index in [0.29, 0.717) is 5.78 Å². The Morgan fingerprint density at radius 2 is 1.45 bits per heavy atom. The highest BCUT2D eigenvalue weighted by atomic mass is 16.1. The summed E-state index contributed by atoms with van der Waals surface area (Å²) in [6.07, 6.45) is 1.92. The third-order valence-electron chi connectivity index (χ3n) is 8.74. The zero-order chi connectivity index (χ0) is 26.1. The monoisotopic (exact) mass is 500 g/mol. The highest BCUT2D eigenvalue weighted by molar-refractivity contribution is 5.99. The van der Waals surface area contributed by atoms with E-state index in [1.807, 2.05) is 12.1 Å². The second-order valence-electron chi connectivity index (χ2n) is 11.0. The maximum Gasteiger partial charge on any atom is 0.167 e. The van der Waals surface area contributed by atoms with Gasteiger partial charge in [-0.2, -0.15) is 0 Å². The summed E-state index contributed by atoms with van der Waals surface area (Å²) in [6, 6.07) is 36.0. The number of nitrogens with one attached hydrogen (secondary N) is 1. The van der Waals surface area contributed by atoms with Crippen LogP contribution < -0.4 is 10.2 Å². The van der Waals surface area contributed by atoms with Crippen molar-refractivity contribution in [1.82, 2.24) is 5.32 Å². The average Bonchev–Trinajstić information content (AvgIpc) is 3.20. The third-order valence-corrected chi connectivity index (χ3v) is 8.74. The van der Waals surface area contributed by atoms with Gasteiger partial charge < -0.3 is 10.2 Å². The largest absolute Gasteiger partial charge is 0.356 e. The van der Waals surface area contributed by atoms with Crippen LogP contribution in [0.25, 0.3) is 0 Å². The summed E-state index contributed by atoms with van der Waals surface area (Å²) in [7, 11) is 0. The minimum absolute atomic E-state index is 0.209. The molecule has 2 aliphatic rings. The molecular formula is C35H36N2O. The molecule has 0 aromatic heterocycles.